The van der Waals surface area contributed by atoms with Crippen LogP contribution in [0, 0.1) is 6.92 Å². The predicted molar refractivity (Wildman–Crippen MR) is 93.7 cm³/mol. The zero-order valence-electron chi connectivity index (χ0n) is 15.7. The molecular formula is C19H18O9. The van der Waals surface area contributed by atoms with Gasteiger partial charge in [-0.15, -0.1) is 0 Å². The van der Waals surface area contributed by atoms with Crippen LogP contribution in [0.15, 0.2) is 21.3 Å². The molecule has 1 aromatic heterocycles. The van der Waals surface area contributed by atoms with E-state index in [0.29, 0.717) is 34.3 Å². The van der Waals surface area contributed by atoms with Crippen LogP contribution in [-0.2, 0) is 9.53 Å². The molecule has 2 atom stereocenters. The Morgan fingerprint density at radius 1 is 1.07 bits per heavy atom. The predicted octanol–water partition coefficient (Wildman–Crippen LogP) is 1.76. The fourth-order valence-electron chi connectivity index (χ4n) is 3.59. The van der Waals surface area contributed by atoms with E-state index in [4.69, 9.17) is 32.8 Å². The van der Waals surface area contributed by atoms with E-state index < -0.39 is 23.6 Å². The van der Waals surface area contributed by atoms with Crippen LogP contribution in [0.1, 0.15) is 22.8 Å². The Labute approximate surface area is 159 Å². The SMILES string of the molecule is COC(=O)C1Oc2cc(C)oc(=O)c2C1c1cc2c(c(OC)c1OC)OCO2. The third-order valence-corrected chi connectivity index (χ3v) is 4.72. The monoisotopic (exact) mass is 390 g/mol. The molecule has 0 saturated heterocycles. The Morgan fingerprint density at radius 3 is 2.50 bits per heavy atom. The molecule has 0 N–H and O–H groups in total. The standard InChI is InChI=1S/C19H18O9/c1-8-5-10-13(18(20)27-8)12(16(28-10)19(21)24-4)9-6-11-15(26-7-25-11)17(23-3)14(9)22-2/h5-6,12,16H,7H2,1-4H3. The van der Waals surface area contributed by atoms with E-state index in [-0.39, 0.29) is 18.1 Å². The first-order chi connectivity index (χ1) is 13.5. The number of benzene rings is 1. The van der Waals surface area contributed by atoms with Crippen molar-refractivity contribution < 1.29 is 37.6 Å². The van der Waals surface area contributed by atoms with Gasteiger partial charge >= 0.3 is 11.6 Å². The first kappa shape index (κ1) is 18.0. The van der Waals surface area contributed by atoms with Gasteiger partial charge in [-0.3, -0.25) is 0 Å². The van der Waals surface area contributed by atoms with Gasteiger partial charge in [0.25, 0.3) is 0 Å². The first-order valence-electron chi connectivity index (χ1n) is 8.43. The van der Waals surface area contributed by atoms with E-state index in [1.54, 1.807) is 19.1 Å². The second-order valence-electron chi connectivity index (χ2n) is 6.23. The maximum atomic E-state index is 12.6. The van der Waals surface area contributed by atoms with Crippen molar-refractivity contribution in [2.24, 2.45) is 0 Å². The molecule has 0 aliphatic carbocycles. The summed E-state index contributed by atoms with van der Waals surface area (Å²) < 4.78 is 37.8. The van der Waals surface area contributed by atoms with Crippen molar-refractivity contribution in [3.8, 4) is 28.7 Å². The van der Waals surface area contributed by atoms with Crippen molar-refractivity contribution >= 4 is 5.97 Å². The molecule has 0 spiro atoms. The van der Waals surface area contributed by atoms with Crippen LogP contribution in [-0.4, -0.2) is 40.2 Å². The van der Waals surface area contributed by atoms with E-state index in [2.05, 4.69) is 0 Å². The lowest BCUT2D eigenvalue weighted by Gasteiger charge is -2.21. The van der Waals surface area contributed by atoms with Gasteiger partial charge in [0.1, 0.15) is 11.5 Å². The van der Waals surface area contributed by atoms with Gasteiger partial charge in [-0.05, 0) is 13.0 Å². The van der Waals surface area contributed by atoms with Gasteiger partial charge in [0.15, 0.2) is 11.5 Å². The highest BCUT2D eigenvalue weighted by Gasteiger charge is 2.46. The summed E-state index contributed by atoms with van der Waals surface area (Å²) in [4.78, 5) is 25.1. The van der Waals surface area contributed by atoms with Crippen molar-refractivity contribution in [3.05, 3.63) is 39.4 Å². The van der Waals surface area contributed by atoms with Crippen LogP contribution in [0.25, 0.3) is 0 Å². The maximum absolute atomic E-state index is 12.6. The average molecular weight is 390 g/mol. The molecule has 1 aromatic carbocycles. The molecule has 2 aromatic rings. The fraction of sp³-hybridized carbons (Fsp3) is 0.368. The van der Waals surface area contributed by atoms with Crippen LogP contribution in [0.4, 0.5) is 0 Å². The van der Waals surface area contributed by atoms with Gasteiger partial charge in [0.2, 0.25) is 24.4 Å². The summed E-state index contributed by atoms with van der Waals surface area (Å²) in [6.07, 6.45) is -1.11. The molecule has 0 fully saturated rings. The van der Waals surface area contributed by atoms with Crippen LogP contribution < -0.4 is 29.3 Å². The number of hydrogen-bond acceptors (Lipinski definition) is 9. The Bertz CT molecular complexity index is 1010. The van der Waals surface area contributed by atoms with Gasteiger partial charge in [0, 0.05) is 11.6 Å². The zero-order valence-corrected chi connectivity index (χ0v) is 15.7. The molecule has 0 saturated carbocycles. The Hall–Kier alpha value is -3.36. The van der Waals surface area contributed by atoms with Gasteiger partial charge in [0.05, 0.1) is 32.8 Å². The lowest BCUT2D eigenvalue weighted by Crippen LogP contribution is -2.32. The third-order valence-electron chi connectivity index (χ3n) is 4.72. The summed E-state index contributed by atoms with van der Waals surface area (Å²) in [5.41, 5.74) is 0.0409. The summed E-state index contributed by atoms with van der Waals surface area (Å²) in [6.45, 7) is 1.63. The molecule has 0 amide bonds. The van der Waals surface area contributed by atoms with Gasteiger partial charge < -0.3 is 32.8 Å². The molecule has 28 heavy (non-hydrogen) atoms. The number of esters is 1. The Morgan fingerprint density at radius 2 is 1.82 bits per heavy atom. The summed E-state index contributed by atoms with van der Waals surface area (Å²) in [6, 6.07) is 3.20. The number of ether oxygens (including phenoxy) is 6. The molecule has 0 bridgehead atoms. The van der Waals surface area contributed by atoms with Crippen LogP contribution in [0.3, 0.4) is 0 Å². The van der Waals surface area contributed by atoms with E-state index in [9.17, 15) is 9.59 Å². The van der Waals surface area contributed by atoms with Crippen LogP contribution in [0.5, 0.6) is 28.7 Å². The van der Waals surface area contributed by atoms with Crippen LogP contribution in [0.2, 0.25) is 0 Å². The number of methoxy groups -OCH3 is 3. The largest absolute Gasteiger partial charge is 0.492 e. The minimum atomic E-state index is -1.11. The smallest absolute Gasteiger partial charge is 0.348 e. The van der Waals surface area contributed by atoms with Crippen molar-refractivity contribution in [3.63, 3.8) is 0 Å². The van der Waals surface area contributed by atoms with Gasteiger partial charge in [-0.25, -0.2) is 9.59 Å². The molecular weight excluding hydrogens is 372 g/mol. The molecule has 2 aliphatic heterocycles. The normalized spacial score (nSPS) is 19.0. The molecule has 4 rings (SSSR count). The Balaban J connectivity index is 1.99. The molecule has 2 aliphatic rings. The highest BCUT2D eigenvalue weighted by Crippen LogP contribution is 2.54. The topological polar surface area (TPSA) is 103 Å². The highest BCUT2D eigenvalue weighted by atomic mass is 16.7. The Kier molecular flexibility index (Phi) is 4.29. The number of carbonyl (C=O) groups is 1. The number of carbonyl (C=O) groups excluding carboxylic acids is 1. The summed E-state index contributed by atoms with van der Waals surface area (Å²) >= 11 is 0. The zero-order chi connectivity index (χ0) is 20.0. The van der Waals surface area contributed by atoms with Crippen molar-refractivity contribution in [1.82, 2.24) is 0 Å². The quantitative estimate of drug-likeness (QED) is 0.723. The highest BCUT2D eigenvalue weighted by molar-refractivity contribution is 5.80. The molecule has 9 heteroatoms. The average Bonchev–Trinajstić information content (AvgIpc) is 3.29. The molecule has 148 valence electrons. The second kappa shape index (κ2) is 6.66. The van der Waals surface area contributed by atoms with E-state index >= 15 is 0 Å². The van der Waals surface area contributed by atoms with Crippen molar-refractivity contribution in [2.75, 3.05) is 28.1 Å². The number of fused-ring (bicyclic) bond motifs is 2. The molecule has 0 radical (unpaired) electrons. The summed E-state index contributed by atoms with van der Waals surface area (Å²) in [5.74, 6) is 0.503. The molecule has 9 nitrogen and oxygen atoms in total. The summed E-state index contributed by atoms with van der Waals surface area (Å²) in [5, 5.41) is 0. The van der Waals surface area contributed by atoms with Crippen molar-refractivity contribution in [1.29, 1.82) is 0 Å². The summed E-state index contributed by atoms with van der Waals surface area (Å²) in [7, 11) is 4.15. The van der Waals surface area contributed by atoms with Crippen LogP contribution >= 0.6 is 0 Å². The number of hydrogen-bond donors (Lipinski definition) is 0. The number of rotatable bonds is 4. The minimum Gasteiger partial charge on any atom is -0.492 e. The van der Waals surface area contributed by atoms with Gasteiger partial charge in [-0.2, -0.15) is 0 Å². The number of aryl methyl sites for hydroxylation is 1. The lowest BCUT2D eigenvalue weighted by atomic mass is 9.87. The van der Waals surface area contributed by atoms with Crippen molar-refractivity contribution in [2.45, 2.75) is 18.9 Å². The first-order valence-corrected chi connectivity index (χ1v) is 8.43. The van der Waals surface area contributed by atoms with Gasteiger partial charge in [-0.1, -0.05) is 0 Å². The second-order valence-corrected chi connectivity index (χ2v) is 6.23. The van der Waals surface area contributed by atoms with E-state index in [0.717, 1.165) is 0 Å². The van der Waals surface area contributed by atoms with E-state index in [1.807, 2.05) is 0 Å². The maximum Gasteiger partial charge on any atom is 0.348 e. The van der Waals surface area contributed by atoms with E-state index in [1.165, 1.54) is 21.3 Å². The lowest BCUT2D eigenvalue weighted by molar-refractivity contribution is -0.148. The molecule has 2 unspecified atom stereocenters. The fourth-order valence-corrected chi connectivity index (χ4v) is 3.59. The third kappa shape index (κ3) is 2.54. The minimum absolute atomic E-state index is 0.0117. The molecule has 3 heterocycles.